The Morgan fingerprint density at radius 2 is 1.95 bits per heavy atom. The van der Waals surface area contributed by atoms with Gasteiger partial charge in [0.1, 0.15) is 11.9 Å². The summed E-state index contributed by atoms with van der Waals surface area (Å²) in [6.07, 6.45) is 0.312. The van der Waals surface area contributed by atoms with Crippen molar-refractivity contribution in [2.45, 2.75) is 44.9 Å². The number of aldehydes is 1. The largest absolute Gasteiger partial charge is 0.444 e. The molecule has 19 heavy (non-hydrogen) atoms. The SMILES string of the molecule is CC(C)(C)OC(=O)N1C[C@H](OS(C)(=O)=O)C[C@H]1C=O. The van der Waals surface area contributed by atoms with Gasteiger partial charge >= 0.3 is 6.09 Å². The van der Waals surface area contributed by atoms with Gasteiger partial charge < -0.3 is 9.53 Å². The van der Waals surface area contributed by atoms with Crippen molar-refractivity contribution < 1.29 is 26.9 Å². The maximum absolute atomic E-state index is 11.9. The highest BCUT2D eigenvalue weighted by atomic mass is 32.2. The third kappa shape index (κ3) is 5.15. The molecule has 1 rings (SSSR count). The summed E-state index contributed by atoms with van der Waals surface area (Å²) in [4.78, 5) is 24.0. The van der Waals surface area contributed by atoms with Crippen LogP contribution in [-0.2, 0) is 23.8 Å². The van der Waals surface area contributed by atoms with Gasteiger partial charge in [0.05, 0.1) is 24.9 Å². The lowest BCUT2D eigenvalue weighted by molar-refractivity contribution is -0.111. The molecule has 0 aromatic heterocycles. The third-order valence-electron chi connectivity index (χ3n) is 2.40. The maximum atomic E-state index is 11.9. The van der Waals surface area contributed by atoms with Crippen LogP contribution in [0, 0.1) is 0 Å². The number of hydrogen-bond acceptors (Lipinski definition) is 6. The second kappa shape index (κ2) is 5.46. The molecular formula is C11H19NO6S. The van der Waals surface area contributed by atoms with E-state index in [1.54, 1.807) is 20.8 Å². The summed E-state index contributed by atoms with van der Waals surface area (Å²) in [6.45, 7) is 5.15. The predicted octanol–water partition coefficient (Wildman–Crippen LogP) is 0.540. The minimum Gasteiger partial charge on any atom is -0.444 e. The van der Waals surface area contributed by atoms with Crippen LogP contribution in [0.5, 0.6) is 0 Å². The molecule has 2 atom stereocenters. The lowest BCUT2D eigenvalue weighted by Gasteiger charge is -2.26. The number of ether oxygens (including phenoxy) is 1. The summed E-state index contributed by atoms with van der Waals surface area (Å²) < 4.78 is 32.0. The van der Waals surface area contributed by atoms with E-state index in [1.807, 2.05) is 0 Å². The van der Waals surface area contributed by atoms with Gasteiger partial charge in [0.15, 0.2) is 0 Å². The first kappa shape index (κ1) is 15.9. The Balaban J connectivity index is 2.73. The minimum atomic E-state index is -3.62. The normalized spacial score (nSPS) is 24.3. The molecule has 0 spiro atoms. The molecule has 0 bridgehead atoms. The van der Waals surface area contributed by atoms with Gasteiger partial charge in [-0.25, -0.2) is 4.79 Å². The van der Waals surface area contributed by atoms with Crippen molar-refractivity contribution in [3.8, 4) is 0 Å². The molecule has 1 aliphatic heterocycles. The summed E-state index contributed by atoms with van der Waals surface area (Å²) in [6, 6.07) is -0.721. The molecule has 0 unspecified atom stereocenters. The molecule has 1 fully saturated rings. The van der Waals surface area contributed by atoms with Gasteiger partial charge in [-0.15, -0.1) is 0 Å². The molecule has 0 aliphatic carbocycles. The fourth-order valence-corrected chi connectivity index (χ4v) is 2.44. The van der Waals surface area contributed by atoms with Crippen LogP contribution < -0.4 is 0 Å². The zero-order valence-corrected chi connectivity index (χ0v) is 12.3. The van der Waals surface area contributed by atoms with Crippen LogP contribution >= 0.6 is 0 Å². The van der Waals surface area contributed by atoms with E-state index in [2.05, 4.69) is 0 Å². The third-order valence-corrected chi connectivity index (χ3v) is 3.02. The monoisotopic (exact) mass is 293 g/mol. The molecule has 0 saturated carbocycles. The van der Waals surface area contributed by atoms with E-state index in [1.165, 1.54) is 4.90 Å². The molecule has 1 saturated heterocycles. The summed E-state index contributed by atoms with van der Waals surface area (Å²) in [5, 5.41) is 0. The second-order valence-electron chi connectivity index (χ2n) is 5.49. The molecule has 0 N–H and O–H groups in total. The Morgan fingerprint density at radius 3 is 2.37 bits per heavy atom. The smallest absolute Gasteiger partial charge is 0.410 e. The van der Waals surface area contributed by atoms with Crippen molar-refractivity contribution >= 4 is 22.5 Å². The molecule has 8 heteroatoms. The van der Waals surface area contributed by atoms with E-state index < -0.39 is 34.0 Å². The van der Waals surface area contributed by atoms with Crippen LogP contribution in [0.25, 0.3) is 0 Å². The van der Waals surface area contributed by atoms with Crippen molar-refractivity contribution in [3.63, 3.8) is 0 Å². The summed E-state index contributed by atoms with van der Waals surface area (Å²) in [5.74, 6) is 0. The molecule has 1 amide bonds. The Hall–Kier alpha value is -1.15. The number of nitrogens with zero attached hydrogens (tertiary/aromatic N) is 1. The highest BCUT2D eigenvalue weighted by molar-refractivity contribution is 7.86. The number of rotatable bonds is 3. The first-order valence-corrected chi connectivity index (χ1v) is 7.66. The predicted molar refractivity (Wildman–Crippen MR) is 67.1 cm³/mol. The average Bonchev–Trinajstić information content (AvgIpc) is 2.55. The summed E-state index contributed by atoms with van der Waals surface area (Å²) in [7, 11) is -3.62. The fourth-order valence-electron chi connectivity index (χ4n) is 1.80. The van der Waals surface area contributed by atoms with Gasteiger partial charge in [-0.2, -0.15) is 8.42 Å². The van der Waals surface area contributed by atoms with E-state index in [0.717, 1.165) is 6.26 Å². The van der Waals surface area contributed by atoms with Gasteiger partial charge in [-0.1, -0.05) is 0 Å². The average molecular weight is 293 g/mol. The lowest BCUT2D eigenvalue weighted by Crippen LogP contribution is -2.40. The molecular weight excluding hydrogens is 274 g/mol. The lowest BCUT2D eigenvalue weighted by atomic mass is 10.2. The standard InChI is InChI=1S/C11H19NO6S/c1-11(2,3)17-10(14)12-6-9(5-8(12)7-13)18-19(4,15)16/h7-9H,5-6H2,1-4H3/t8-,9+/m0/s1. The molecule has 110 valence electrons. The maximum Gasteiger partial charge on any atom is 0.410 e. The Bertz CT molecular complexity index is 452. The van der Waals surface area contributed by atoms with Crippen LogP contribution in [0.3, 0.4) is 0 Å². The first-order chi connectivity index (χ1) is 8.52. The molecule has 0 radical (unpaired) electrons. The van der Waals surface area contributed by atoms with Gasteiger partial charge in [0.25, 0.3) is 10.1 Å². The van der Waals surface area contributed by atoms with Gasteiger partial charge in [-0.05, 0) is 20.8 Å². The number of amides is 1. The first-order valence-electron chi connectivity index (χ1n) is 5.85. The van der Waals surface area contributed by atoms with E-state index in [4.69, 9.17) is 8.92 Å². The van der Waals surface area contributed by atoms with E-state index in [-0.39, 0.29) is 13.0 Å². The minimum absolute atomic E-state index is 0.0192. The van der Waals surface area contributed by atoms with Crippen molar-refractivity contribution in [2.24, 2.45) is 0 Å². The van der Waals surface area contributed by atoms with Crippen molar-refractivity contribution in [3.05, 3.63) is 0 Å². The zero-order valence-electron chi connectivity index (χ0n) is 11.5. The molecule has 1 heterocycles. The number of likely N-dealkylation sites (tertiary alicyclic amines) is 1. The number of carbonyl (C=O) groups is 2. The van der Waals surface area contributed by atoms with Crippen LogP contribution in [0.15, 0.2) is 0 Å². The van der Waals surface area contributed by atoms with Crippen LogP contribution in [0.4, 0.5) is 4.79 Å². The quantitative estimate of drug-likeness (QED) is 0.557. The number of hydrogen-bond donors (Lipinski definition) is 0. The Labute approximate surface area is 113 Å². The zero-order chi connectivity index (χ0) is 14.8. The van der Waals surface area contributed by atoms with E-state index in [9.17, 15) is 18.0 Å². The van der Waals surface area contributed by atoms with Crippen molar-refractivity contribution in [1.82, 2.24) is 4.90 Å². The Kier molecular flexibility index (Phi) is 4.57. The summed E-state index contributed by atoms with van der Waals surface area (Å²) in [5.41, 5.74) is -0.680. The topological polar surface area (TPSA) is 90.0 Å². The van der Waals surface area contributed by atoms with Crippen molar-refractivity contribution in [2.75, 3.05) is 12.8 Å². The Morgan fingerprint density at radius 1 is 1.37 bits per heavy atom. The number of carbonyl (C=O) groups excluding carboxylic acids is 2. The van der Waals surface area contributed by atoms with Gasteiger partial charge in [0, 0.05) is 6.42 Å². The molecule has 1 aliphatic rings. The van der Waals surface area contributed by atoms with E-state index in [0.29, 0.717) is 6.29 Å². The summed E-state index contributed by atoms with van der Waals surface area (Å²) >= 11 is 0. The van der Waals surface area contributed by atoms with Gasteiger partial charge in [-0.3, -0.25) is 9.08 Å². The molecule has 0 aromatic carbocycles. The second-order valence-corrected chi connectivity index (χ2v) is 7.09. The van der Waals surface area contributed by atoms with E-state index >= 15 is 0 Å². The van der Waals surface area contributed by atoms with Crippen LogP contribution in [0.2, 0.25) is 0 Å². The van der Waals surface area contributed by atoms with Crippen LogP contribution in [-0.4, -0.2) is 56.2 Å². The fraction of sp³-hybridized carbons (Fsp3) is 0.818. The molecule has 0 aromatic rings. The van der Waals surface area contributed by atoms with Crippen LogP contribution in [0.1, 0.15) is 27.2 Å². The highest BCUT2D eigenvalue weighted by Crippen LogP contribution is 2.23. The molecule has 7 nitrogen and oxygen atoms in total. The van der Waals surface area contributed by atoms with Gasteiger partial charge in [0.2, 0.25) is 0 Å². The highest BCUT2D eigenvalue weighted by Gasteiger charge is 2.39. The van der Waals surface area contributed by atoms with Crippen molar-refractivity contribution in [1.29, 1.82) is 0 Å².